The predicted octanol–water partition coefficient (Wildman–Crippen LogP) is 2.80. The second kappa shape index (κ2) is 3.56. The first-order valence-electron chi connectivity index (χ1n) is 2.28. The SMILES string of the molecule is C=C(C)N=C(Br)C(=C)F. The maximum absolute atomic E-state index is 12.0. The lowest BCUT2D eigenvalue weighted by atomic mass is 10.6. The van der Waals surface area contributed by atoms with Crippen LogP contribution >= 0.6 is 15.9 Å². The van der Waals surface area contributed by atoms with E-state index in [9.17, 15) is 4.39 Å². The molecule has 0 heterocycles. The highest BCUT2D eigenvalue weighted by Gasteiger charge is 1.95. The number of halogens is 2. The van der Waals surface area contributed by atoms with E-state index < -0.39 is 5.83 Å². The van der Waals surface area contributed by atoms with Gasteiger partial charge in [-0.05, 0) is 22.9 Å². The van der Waals surface area contributed by atoms with E-state index in [1.807, 2.05) is 0 Å². The van der Waals surface area contributed by atoms with Crippen molar-refractivity contribution in [2.75, 3.05) is 0 Å². The third-order valence-electron chi connectivity index (χ3n) is 0.513. The second-order valence-electron chi connectivity index (χ2n) is 1.54. The Morgan fingerprint density at radius 2 is 2.00 bits per heavy atom. The highest BCUT2D eigenvalue weighted by Crippen LogP contribution is 2.06. The van der Waals surface area contributed by atoms with Gasteiger partial charge in [0.05, 0.1) is 0 Å². The standard InChI is InChI=1S/C6H7BrFN/c1-4(2)9-6(7)5(3)8/h1,3H2,2H3. The van der Waals surface area contributed by atoms with Crippen LogP contribution in [0.4, 0.5) is 4.39 Å². The molecule has 3 heteroatoms. The summed E-state index contributed by atoms with van der Waals surface area (Å²) in [6.07, 6.45) is 0. The van der Waals surface area contributed by atoms with Crippen LogP contribution in [0.15, 0.2) is 29.7 Å². The Balaban J connectivity index is 4.17. The highest BCUT2D eigenvalue weighted by molar-refractivity contribution is 9.18. The largest absolute Gasteiger partial charge is 0.244 e. The van der Waals surface area contributed by atoms with Gasteiger partial charge >= 0.3 is 0 Å². The molecule has 0 saturated heterocycles. The van der Waals surface area contributed by atoms with E-state index in [0.717, 1.165) is 0 Å². The summed E-state index contributed by atoms with van der Waals surface area (Å²) in [7, 11) is 0. The first kappa shape index (κ1) is 8.56. The molecular weight excluding hydrogens is 185 g/mol. The summed E-state index contributed by atoms with van der Waals surface area (Å²) in [5, 5.41) is 0. The molecule has 0 atom stereocenters. The van der Waals surface area contributed by atoms with Crippen LogP contribution in [0.5, 0.6) is 0 Å². The van der Waals surface area contributed by atoms with Crippen LogP contribution in [-0.2, 0) is 0 Å². The molecule has 0 unspecified atom stereocenters. The Bertz CT molecular complexity index is 172. The number of rotatable bonds is 2. The number of aliphatic imine (C=N–C) groups is 1. The van der Waals surface area contributed by atoms with E-state index in [4.69, 9.17) is 0 Å². The fraction of sp³-hybridized carbons (Fsp3) is 0.167. The summed E-state index contributed by atoms with van der Waals surface area (Å²) in [5.74, 6) is -0.585. The molecule has 50 valence electrons. The first-order valence-corrected chi connectivity index (χ1v) is 3.08. The topological polar surface area (TPSA) is 12.4 Å². The first-order chi connectivity index (χ1) is 4.04. The predicted molar refractivity (Wildman–Crippen MR) is 41.4 cm³/mol. The van der Waals surface area contributed by atoms with Crippen LogP contribution in [0, 0.1) is 0 Å². The highest BCUT2D eigenvalue weighted by atomic mass is 79.9. The number of hydrogen-bond donors (Lipinski definition) is 0. The Morgan fingerprint density at radius 3 is 2.11 bits per heavy atom. The maximum atomic E-state index is 12.0. The number of allylic oxidation sites excluding steroid dienone is 2. The van der Waals surface area contributed by atoms with Crippen LogP contribution in [0.25, 0.3) is 0 Å². The van der Waals surface area contributed by atoms with Gasteiger partial charge in [-0.25, -0.2) is 9.38 Å². The van der Waals surface area contributed by atoms with Gasteiger partial charge in [-0.15, -0.1) is 0 Å². The Kier molecular flexibility index (Phi) is 3.39. The molecule has 0 N–H and O–H groups in total. The van der Waals surface area contributed by atoms with Crippen molar-refractivity contribution in [3.8, 4) is 0 Å². The molecule has 0 aliphatic rings. The number of hydrogen-bond acceptors (Lipinski definition) is 1. The average Bonchev–Trinajstić information content (AvgIpc) is 1.63. The monoisotopic (exact) mass is 191 g/mol. The summed E-state index contributed by atoms with van der Waals surface area (Å²) < 4.78 is 12.1. The van der Waals surface area contributed by atoms with Gasteiger partial charge in [0.2, 0.25) is 0 Å². The molecule has 0 rings (SSSR count). The molecule has 0 aliphatic carbocycles. The molecule has 0 saturated carbocycles. The van der Waals surface area contributed by atoms with Gasteiger partial charge in [-0.1, -0.05) is 13.2 Å². The summed E-state index contributed by atoms with van der Waals surface area (Å²) >= 11 is 2.86. The van der Waals surface area contributed by atoms with Crippen LogP contribution in [-0.4, -0.2) is 4.62 Å². The van der Waals surface area contributed by atoms with E-state index in [1.54, 1.807) is 6.92 Å². The smallest absolute Gasteiger partial charge is 0.148 e. The summed E-state index contributed by atoms with van der Waals surface area (Å²) in [4.78, 5) is 3.64. The maximum Gasteiger partial charge on any atom is 0.148 e. The molecular formula is C6H7BrFN. The van der Waals surface area contributed by atoms with Crippen LogP contribution < -0.4 is 0 Å². The van der Waals surface area contributed by atoms with Gasteiger partial charge in [-0.3, -0.25) is 0 Å². The van der Waals surface area contributed by atoms with Gasteiger partial charge < -0.3 is 0 Å². The van der Waals surface area contributed by atoms with Crippen LogP contribution in [0.1, 0.15) is 6.92 Å². The zero-order valence-electron chi connectivity index (χ0n) is 5.12. The van der Waals surface area contributed by atoms with Gasteiger partial charge in [-0.2, -0.15) is 0 Å². The lowest BCUT2D eigenvalue weighted by Gasteiger charge is -1.90. The molecule has 0 radical (unpaired) electrons. The zero-order chi connectivity index (χ0) is 7.44. The molecule has 0 amide bonds. The van der Waals surface area contributed by atoms with E-state index in [1.165, 1.54) is 0 Å². The van der Waals surface area contributed by atoms with E-state index in [0.29, 0.717) is 5.70 Å². The minimum atomic E-state index is -0.585. The summed E-state index contributed by atoms with van der Waals surface area (Å²) in [6.45, 7) is 8.15. The molecule has 0 aliphatic heterocycles. The molecule has 0 aromatic rings. The number of nitrogens with zero attached hydrogens (tertiary/aromatic N) is 1. The van der Waals surface area contributed by atoms with Crippen molar-refractivity contribution in [3.63, 3.8) is 0 Å². The fourth-order valence-electron chi connectivity index (χ4n) is 0.228. The van der Waals surface area contributed by atoms with Gasteiger partial charge in [0.1, 0.15) is 10.4 Å². The minimum Gasteiger partial charge on any atom is -0.244 e. The van der Waals surface area contributed by atoms with Crippen molar-refractivity contribution in [1.82, 2.24) is 0 Å². The quantitative estimate of drug-likeness (QED) is 0.596. The fourth-order valence-corrected chi connectivity index (χ4v) is 0.531. The lowest BCUT2D eigenvalue weighted by Crippen LogP contribution is -1.83. The molecule has 0 spiro atoms. The minimum absolute atomic E-state index is 0.106. The summed E-state index contributed by atoms with van der Waals surface area (Å²) in [5.41, 5.74) is 0.542. The van der Waals surface area contributed by atoms with Gasteiger partial charge in [0.15, 0.2) is 0 Å². The van der Waals surface area contributed by atoms with E-state index >= 15 is 0 Å². The lowest BCUT2D eigenvalue weighted by molar-refractivity contribution is 0.689. The molecule has 0 aromatic carbocycles. The van der Waals surface area contributed by atoms with Crippen LogP contribution in [0.3, 0.4) is 0 Å². The Morgan fingerprint density at radius 1 is 1.56 bits per heavy atom. The van der Waals surface area contributed by atoms with Crippen molar-refractivity contribution in [2.24, 2.45) is 4.99 Å². The Hall–Kier alpha value is -0.440. The van der Waals surface area contributed by atoms with Crippen molar-refractivity contribution < 1.29 is 4.39 Å². The van der Waals surface area contributed by atoms with E-state index in [2.05, 4.69) is 34.1 Å². The van der Waals surface area contributed by atoms with Gasteiger partial charge in [0, 0.05) is 5.70 Å². The zero-order valence-corrected chi connectivity index (χ0v) is 6.70. The molecule has 0 bridgehead atoms. The Labute approximate surface area is 62.1 Å². The third kappa shape index (κ3) is 4.09. The van der Waals surface area contributed by atoms with Crippen molar-refractivity contribution in [2.45, 2.75) is 6.92 Å². The normalized spacial score (nSPS) is 11.2. The van der Waals surface area contributed by atoms with Crippen LogP contribution in [0.2, 0.25) is 0 Å². The van der Waals surface area contributed by atoms with Crippen molar-refractivity contribution in [1.29, 1.82) is 0 Å². The third-order valence-corrected chi connectivity index (χ3v) is 1.12. The van der Waals surface area contributed by atoms with E-state index in [-0.39, 0.29) is 4.62 Å². The molecule has 0 fully saturated rings. The van der Waals surface area contributed by atoms with Crippen molar-refractivity contribution in [3.05, 3.63) is 24.7 Å². The van der Waals surface area contributed by atoms with Crippen molar-refractivity contribution >= 4 is 20.6 Å². The molecule has 1 nitrogen and oxygen atoms in total. The summed E-state index contributed by atoms with van der Waals surface area (Å²) in [6, 6.07) is 0. The molecule has 9 heavy (non-hydrogen) atoms. The average molecular weight is 192 g/mol. The molecule has 0 aromatic heterocycles. The second-order valence-corrected chi connectivity index (χ2v) is 2.29. The van der Waals surface area contributed by atoms with Gasteiger partial charge in [0.25, 0.3) is 0 Å².